The molecule has 3 heteroatoms. The maximum absolute atomic E-state index is 10.1. The van der Waals surface area contributed by atoms with Gasteiger partial charge in [-0.2, -0.15) is 0 Å². The van der Waals surface area contributed by atoms with Crippen LogP contribution in [0.1, 0.15) is 43.2 Å². The summed E-state index contributed by atoms with van der Waals surface area (Å²) in [4.78, 5) is 2.32. The predicted octanol–water partition coefficient (Wildman–Crippen LogP) is 2.46. The Labute approximate surface area is 122 Å². The summed E-state index contributed by atoms with van der Waals surface area (Å²) in [5.74, 6) is 0. The number of nitrogens with zero attached hydrogens (tertiary/aromatic N) is 1. The van der Waals surface area contributed by atoms with Crippen molar-refractivity contribution in [2.45, 2.75) is 57.2 Å². The van der Waals surface area contributed by atoms with Gasteiger partial charge in [0.15, 0.2) is 0 Å². The highest BCUT2D eigenvalue weighted by atomic mass is 16.3. The van der Waals surface area contributed by atoms with Gasteiger partial charge in [-0.15, -0.1) is 0 Å². The van der Waals surface area contributed by atoms with E-state index in [9.17, 15) is 5.11 Å². The van der Waals surface area contributed by atoms with Crippen molar-refractivity contribution in [2.75, 3.05) is 18.5 Å². The summed E-state index contributed by atoms with van der Waals surface area (Å²) in [6.07, 6.45) is 6.72. The van der Waals surface area contributed by atoms with Crippen molar-refractivity contribution < 1.29 is 5.11 Å². The molecule has 0 aromatic heterocycles. The van der Waals surface area contributed by atoms with Gasteiger partial charge < -0.3 is 15.3 Å². The maximum atomic E-state index is 10.1. The van der Waals surface area contributed by atoms with E-state index < -0.39 is 0 Å². The molecule has 2 aliphatic rings. The van der Waals surface area contributed by atoms with E-state index in [-0.39, 0.29) is 12.1 Å². The van der Waals surface area contributed by atoms with Gasteiger partial charge in [-0.25, -0.2) is 0 Å². The Morgan fingerprint density at radius 2 is 2.10 bits per heavy atom. The van der Waals surface area contributed by atoms with Crippen molar-refractivity contribution in [3.8, 4) is 0 Å². The molecule has 1 fully saturated rings. The highest BCUT2D eigenvalue weighted by Crippen LogP contribution is 2.27. The SMILES string of the molecule is CN1CCc2cc(CNC3CCCCCC3O)ccc21. The minimum atomic E-state index is -0.168. The van der Waals surface area contributed by atoms with Gasteiger partial charge in [0.05, 0.1) is 6.10 Å². The summed E-state index contributed by atoms with van der Waals surface area (Å²) in [6.45, 7) is 2.01. The summed E-state index contributed by atoms with van der Waals surface area (Å²) in [7, 11) is 2.16. The van der Waals surface area contributed by atoms with Crippen LogP contribution in [0.2, 0.25) is 0 Å². The van der Waals surface area contributed by atoms with Gasteiger partial charge in [0.2, 0.25) is 0 Å². The summed E-state index contributed by atoms with van der Waals surface area (Å²) >= 11 is 0. The lowest BCUT2D eigenvalue weighted by Gasteiger charge is -2.22. The largest absolute Gasteiger partial charge is 0.392 e. The molecule has 1 aromatic carbocycles. The standard InChI is InChI=1S/C17H26N2O/c1-19-10-9-14-11-13(7-8-16(14)19)12-18-15-5-3-2-4-6-17(15)20/h7-8,11,15,17-18,20H,2-6,9-10,12H2,1H3. The van der Waals surface area contributed by atoms with E-state index in [0.717, 1.165) is 32.4 Å². The number of aliphatic hydroxyl groups excluding tert-OH is 1. The van der Waals surface area contributed by atoms with E-state index >= 15 is 0 Å². The van der Waals surface area contributed by atoms with Crippen LogP contribution in [0, 0.1) is 0 Å². The molecular formula is C17H26N2O. The van der Waals surface area contributed by atoms with E-state index in [2.05, 4.69) is 35.5 Å². The average molecular weight is 274 g/mol. The second-order valence-corrected chi connectivity index (χ2v) is 6.33. The number of hydrogen-bond acceptors (Lipinski definition) is 3. The number of fused-ring (bicyclic) bond motifs is 1. The van der Waals surface area contributed by atoms with Crippen LogP contribution < -0.4 is 10.2 Å². The molecule has 0 spiro atoms. The van der Waals surface area contributed by atoms with Gasteiger partial charge in [-0.1, -0.05) is 31.4 Å². The molecule has 110 valence electrons. The molecule has 0 saturated heterocycles. The Morgan fingerprint density at radius 3 is 3.00 bits per heavy atom. The first-order chi connectivity index (χ1) is 9.74. The third-order valence-electron chi connectivity index (χ3n) is 4.82. The van der Waals surface area contributed by atoms with Crippen LogP contribution in [0.5, 0.6) is 0 Å². The summed E-state index contributed by atoms with van der Waals surface area (Å²) in [6, 6.07) is 7.06. The molecule has 1 aromatic rings. The number of anilines is 1. The molecule has 1 aliphatic carbocycles. The van der Waals surface area contributed by atoms with E-state index in [1.165, 1.54) is 36.1 Å². The second-order valence-electron chi connectivity index (χ2n) is 6.33. The number of benzene rings is 1. The third kappa shape index (κ3) is 2.99. The zero-order chi connectivity index (χ0) is 13.9. The monoisotopic (exact) mass is 274 g/mol. The zero-order valence-electron chi connectivity index (χ0n) is 12.4. The molecule has 1 heterocycles. The first-order valence-electron chi connectivity index (χ1n) is 7.98. The highest BCUT2D eigenvalue weighted by molar-refractivity contribution is 5.58. The Hall–Kier alpha value is -1.06. The van der Waals surface area contributed by atoms with Crippen molar-refractivity contribution in [1.29, 1.82) is 0 Å². The lowest BCUT2D eigenvalue weighted by molar-refractivity contribution is 0.119. The van der Waals surface area contributed by atoms with Crippen LogP contribution in [0.15, 0.2) is 18.2 Å². The summed E-state index contributed by atoms with van der Waals surface area (Å²) in [5, 5.41) is 13.7. The van der Waals surface area contributed by atoms with Crippen molar-refractivity contribution in [1.82, 2.24) is 5.32 Å². The topological polar surface area (TPSA) is 35.5 Å². The molecule has 3 nitrogen and oxygen atoms in total. The first-order valence-corrected chi connectivity index (χ1v) is 7.98. The predicted molar refractivity (Wildman–Crippen MR) is 83.1 cm³/mol. The van der Waals surface area contributed by atoms with Gasteiger partial charge in [-0.05, 0) is 36.5 Å². The van der Waals surface area contributed by atoms with E-state index in [1.54, 1.807) is 0 Å². The fourth-order valence-corrected chi connectivity index (χ4v) is 3.51. The van der Waals surface area contributed by atoms with Crippen LogP contribution in [0.25, 0.3) is 0 Å². The van der Waals surface area contributed by atoms with Gasteiger partial charge in [-0.3, -0.25) is 0 Å². The number of rotatable bonds is 3. The van der Waals surface area contributed by atoms with Crippen molar-refractivity contribution in [3.63, 3.8) is 0 Å². The molecule has 1 saturated carbocycles. The number of hydrogen-bond donors (Lipinski definition) is 2. The molecule has 2 unspecified atom stereocenters. The number of aliphatic hydroxyl groups is 1. The molecule has 0 bridgehead atoms. The van der Waals surface area contributed by atoms with Crippen molar-refractivity contribution in [3.05, 3.63) is 29.3 Å². The lowest BCUT2D eigenvalue weighted by Crippen LogP contribution is -2.38. The van der Waals surface area contributed by atoms with Crippen LogP contribution in [-0.2, 0) is 13.0 Å². The normalized spacial score (nSPS) is 26.4. The van der Waals surface area contributed by atoms with Gasteiger partial charge in [0.1, 0.15) is 0 Å². The number of likely N-dealkylation sites (N-methyl/N-ethyl adjacent to an activating group) is 1. The molecule has 20 heavy (non-hydrogen) atoms. The average Bonchev–Trinajstić information content (AvgIpc) is 2.69. The quantitative estimate of drug-likeness (QED) is 0.831. The first kappa shape index (κ1) is 13.9. The Balaban J connectivity index is 1.61. The smallest absolute Gasteiger partial charge is 0.0693 e. The molecule has 2 N–H and O–H groups in total. The molecular weight excluding hydrogens is 248 g/mol. The lowest BCUT2D eigenvalue weighted by atomic mass is 10.0. The van der Waals surface area contributed by atoms with Gasteiger partial charge >= 0.3 is 0 Å². The minimum Gasteiger partial charge on any atom is -0.392 e. The van der Waals surface area contributed by atoms with Crippen LogP contribution in [0.4, 0.5) is 5.69 Å². The molecule has 3 rings (SSSR count). The van der Waals surface area contributed by atoms with E-state index in [1.807, 2.05) is 0 Å². The molecule has 1 aliphatic heterocycles. The van der Waals surface area contributed by atoms with Gasteiger partial charge in [0.25, 0.3) is 0 Å². The summed E-state index contributed by atoms with van der Waals surface area (Å²) < 4.78 is 0. The van der Waals surface area contributed by atoms with Crippen LogP contribution >= 0.6 is 0 Å². The molecule has 0 amide bonds. The third-order valence-corrected chi connectivity index (χ3v) is 4.82. The molecule has 0 radical (unpaired) electrons. The fraction of sp³-hybridized carbons (Fsp3) is 0.647. The van der Waals surface area contributed by atoms with Crippen LogP contribution in [0.3, 0.4) is 0 Å². The molecule has 2 atom stereocenters. The van der Waals surface area contributed by atoms with E-state index in [4.69, 9.17) is 0 Å². The van der Waals surface area contributed by atoms with Crippen molar-refractivity contribution in [2.24, 2.45) is 0 Å². The fourth-order valence-electron chi connectivity index (χ4n) is 3.51. The maximum Gasteiger partial charge on any atom is 0.0693 e. The Bertz CT molecular complexity index is 460. The zero-order valence-corrected chi connectivity index (χ0v) is 12.4. The van der Waals surface area contributed by atoms with Crippen molar-refractivity contribution >= 4 is 5.69 Å². The Morgan fingerprint density at radius 1 is 1.25 bits per heavy atom. The van der Waals surface area contributed by atoms with E-state index in [0.29, 0.717) is 0 Å². The van der Waals surface area contributed by atoms with Crippen LogP contribution in [-0.4, -0.2) is 30.8 Å². The minimum absolute atomic E-state index is 0.168. The highest BCUT2D eigenvalue weighted by Gasteiger charge is 2.21. The van der Waals surface area contributed by atoms with Gasteiger partial charge in [0, 0.05) is 31.9 Å². The number of nitrogens with one attached hydrogen (secondary N) is 1. The summed E-state index contributed by atoms with van der Waals surface area (Å²) in [5.41, 5.74) is 4.19. The second kappa shape index (κ2) is 6.15. The Kier molecular flexibility index (Phi) is 4.27.